The molecule has 3 aliphatic heterocycles. The second kappa shape index (κ2) is 13.1. The van der Waals surface area contributed by atoms with Crippen molar-refractivity contribution < 1.29 is 27.5 Å². The smallest absolute Gasteiger partial charge is 0.320 e. The molecule has 3 aliphatic rings. The molecule has 0 bridgehead atoms. The van der Waals surface area contributed by atoms with Gasteiger partial charge in [0.2, 0.25) is 11.8 Å². The molecule has 1 atom stereocenters. The molecule has 2 fully saturated rings. The van der Waals surface area contributed by atoms with Gasteiger partial charge in [-0.3, -0.25) is 13.9 Å². The number of fused-ring (bicyclic) bond motifs is 1. The third kappa shape index (κ3) is 6.76. The van der Waals surface area contributed by atoms with Crippen molar-refractivity contribution in [1.82, 2.24) is 15.1 Å². The molecule has 2 N–H and O–H groups in total. The van der Waals surface area contributed by atoms with Gasteiger partial charge in [0.1, 0.15) is 6.04 Å². The Morgan fingerprint density at radius 2 is 1.70 bits per heavy atom. The fourth-order valence-corrected chi connectivity index (χ4v) is 8.05. The largest absolute Gasteiger partial charge is 0.378 e. The van der Waals surface area contributed by atoms with Crippen LogP contribution >= 0.6 is 11.6 Å². The van der Waals surface area contributed by atoms with Crippen LogP contribution < -0.4 is 14.9 Å². The molecule has 0 aliphatic carbocycles. The minimum atomic E-state index is -4.24. The molecular formula is C30H38ClN5O6S. The highest BCUT2D eigenvalue weighted by Gasteiger charge is 2.42. The van der Waals surface area contributed by atoms with Crippen molar-refractivity contribution in [2.75, 3.05) is 55.6 Å². The topological polar surface area (TPSA) is 128 Å². The number of morpholine rings is 1. The van der Waals surface area contributed by atoms with Crippen molar-refractivity contribution >= 4 is 50.8 Å². The first-order valence-corrected chi connectivity index (χ1v) is 16.5. The lowest BCUT2D eigenvalue weighted by Crippen LogP contribution is -2.53. The number of aryl methyl sites for hydroxylation is 2. The first kappa shape index (κ1) is 31.1. The lowest BCUT2D eigenvalue weighted by atomic mass is 9.93. The number of hydrogen-bond donors (Lipinski definition) is 2. The average Bonchev–Trinajstić information content (AvgIpc) is 2.99. The molecule has 0 radical (unpaired) electrons. The Balaban J connectivity index is 1.22. The minimum Gasteiger partial charge on any atom is -0.378 e. The summed E-state index contributed by atoms with van der Waals surface area (Å²) in [6, 6.07) is 8.52. The van der Waals surface area contributed by atoms with Gasteiger partial charge >= 0.3 is 6.03 Å². The number of hydrogen-bond acceptors (Lipinski definition) is 6. The molecule has 5 rings (SSSR count). The molecule has 43 heavy (non-hydrogen) atoms. The first-order valence-electron chi connectivity index (χ1n) is 14.7. The molecule has 13 heteroatoms. The van der Waals surface area contributed by atoms with E-state index in [2.05, 4.69) is 10.6 Å². The summed E-state index contributed by atoms with van der Waals surface area (Å²) < 4.78 is 34.6. The summed E-state index contributed by atoms with van der Waals surface area (Å²) in [5.74, 6) is -0.631. The molecule has 2 aromatic rings. The number of anilines is 2. The summed E-state index contributed by atoms with van der Waals surface area (Å²) >= 11 is 6.23. The van der Waals surface area contributed by atoms with Gasteiger partial charge in [-0.25, -0.2) is 13.2 Å². The third-order valence-electron chi connectivity index (χ3n) is 8.40. The second-order valence-electron chi connectivity index (χ2n) is 11.3. The molecule has 2 aromatic carbocycles. The standard InChI is InChI=1S/C30H38ClN5O6S/c1-20-18-27(21(2)17-23(20)31)43(40,41)36-25-6-4-3-5-24(25)33-29(38)26(36)19-28(37)32-10-7-22-8-11-34(12-9-22)30(39)35-13-15-42-16-14-35/h3-6,17-18,22,26H,7-16,19H2,1-2H3,(H,32,37)(H,33,38). The SMILES string of the molecule is Cc1cc(S(=O)(=O)N2c3ccccc3NC(=O)C2CC(=O)NCCC2CCN(C(=O)N3CCOCC3)CC2)c(C)cc1Cl. The number of urea groups is 1. The van der Waals surface area contributed by atoms with E-state index in [4.69, 9.17) is 16.3 Å². The molecule has 0 aromatic heterocycles. The van der Waals surface area contributed by atoms with E-state index in [1.807, 2.05) is 9.80 Å². The van der Waals surface area contributed by atoms with Crippen LogP contribution in [0.1, 0.15) is 36.8 Å². The number of carbonyl (C=O) groups is 3. The van der Waals surface area contributed by atoms with Crippen LogP contribution in [-0.2, 0) is 24.3 Å². The number of ether oxygens (including phenoxy) is 1. The van der Waals surface area contributed by atoms with Crippen LogP contribution in [0, 0.1) is 19.8 Å². The number of halogens is 1. The number of nitrogens with zero attached hydrogens (tertiary/aromatic N) is 3. The van der Waals surface area contributed by atoms with Crippen LogP contribution in [0.15, 0.2) is 41.3 Å². The predicted molar refractivity (Wildman–Crippen MR) is 164 cm³/mol. The van der Waals surface area contributed by atoms with Crippen LogP contribution in [0.4, 0.5) is 16.2 Å². The van der Waals surface area contributed by atoms with E-state index in [0.29, 0.717) is 79.4 Å². The van der Waals surface area contributed by atoms with E-state index >= 15 is 0 Å². The number of rotatable bonds is 7. The summed E-state index contributed by atoms with van der Waals surface area (Å²) in [5, 5.41) is 6.09. The number of nitrogens with one attached hydrogen (secondary N) is 2. The maximum absolute atomic E-state index is 14.1. The molecule has 4 amide bonds. The van der Waals surface area contributed by atoms with E-state index in [1.165, 1.54) is 6.07 Å². The molecule has 0 saturated carbocycles. The number of carbonyl (C=O) groups excluding carboxylic acids is 3. The summed E-state index contributed by atoms with van der Waals surface area (Å²) in [6.07, 6.45) is 2.09. The Morgan fingerprint density at radius 1 is 1.02 bits per heavy atom. The molecule has 232 valence electrons. The highest BCUT2D eigenvalue weighted by Crippen LogP contribution is 2.38. The lowest BCUT2D eigenvalue weighted by molar-refractivity contribution is -0.125. The van der Waals surface area contributed by atoms with Gasteiger partial charge in [-0.2, -0.15) is 0 Å². The molecule has 1 unspecified atom stereocenters. The van der Waals surface area contributed by atoms with Crippen LogP contribution in [0.5, 0.6) is 0 Å². The molecule has 2 saturated heterocycles. The van der Waals surface area contributed by atoms with Gasteiger partial charge in [-0.05, 0) is 74.4 Å². The maximum Gasteiger partial charge on any atom is 0.320 e. The fraction of sp³-hybridized carbons (Fsp3) is 0.500. The van der Waals surface area contributed by atoms with Crippen LogP contribution in [-0.4, -0.2) is 88.0 Å². The second-order valence-corrected chi connectivity index (χ2v) is 13.5. The van der Waals surface area contributed by atoms with E-state index in [9.17, 15) is 22.8 Å². The number of piperidine rings is 1. The predicted octanol–water partition coefficient (Wildman–Crippen LogP) is 3.53. The van der Waals surface area contributed by atoms with E-state index in [0.717, 1.165) is 23.6 Å². The van der Waals surface area contributed by atoms with Crippen molar-refractivity contribution in [3.8, 4) is 0 Å². The summed E-state index contributed by atoms with van der Waals surface area (Å²) in [6.45, 7) is 7.49. The fourth-order valence-electron chi connectivity index (χ4n) is 5.90. The third-order valence-corrected chi connectivity index (χ3v) is 10.8. The summed E-state index contributed by atoms with van der Waals surface area (Å²) in [7, 11) is -4.24. The van der Waals surface area contributed by atoms with E-state index < -0.39 is 27.9 Å². The van der Waals surface area contributed by atoms with E-state index in [-0.39, 0.29) is 17.3 Å². The van der Waals surface area contributed by atoms with E-state index in [1.54, 1.807) is 44.2 Å². The molecule has 0 spiro atoms. The Kier molecular flexibility index (Phi) is 9.48. The lowest BCUT2D eigenvalue weighted by Gasteiger charge is -2.37. The monoisotopic (exact) mass is 631 g/mol. The van der Waals surface area contributed by atoms with Crippen molar-refractivity contribution in [3.63, 3.8) is 0 Å². The van der Waals surface area contributed by atoms with Crippen molar-refractivity contribution in [3.05, 3.63) is 52.5 Å². The molecule has 11 nitrogen and oxygen atoms in total. The van der Waals surface area contributed by atoms with Crippen LogP contribution in [0.25, 0.3) is 0 Å². The van der Waals surface area contributed by atoms with Gasteiger partial charge in [-0.1, -0.05) is 23.7 Å². The number of amides is 4. The van der Waals surface area contributed by atoms with Crippen molar-refractivity contribution in [2.24, 2.45) is 5.92 Å². The summed E-state index contributed by atoms with van der Waals surface area (Å²) in [4.78, 5) is 42.9. The Hall–Kier alpha value is -3.35. The van der Waals surface area contributed by atoms with Crippen molar-refractivity contribution in [2.45, 2.75) is 50.5 Å². The quantitative estimate of drug-likeness (QED) is 0.481. The zero-order valence-corrected chi connectivity index (χ0v) is 26.0. The van der Waals surface area contributed by atoms with Gasteiger partial charge in [0.15, 0.2) is 0 Å². The van der Waals surface area contributed by atoms with Crippen LogP contribution in [0.2, 0.25) is 5.02 Å². The van der Waals surface area contributed by atoms with Gasteiger partial charge in [0.25, 0.3) is 10.0 Å². The average molecular weight is 632 g/mol. The first-order chi connectivity index (χ1) is 20.6. The Bertz CT molecular complexity index is 1490. The Morgan fingerprint density at radius 3 is 2.42 bits per heavy atom. The number of benzene rings is 2. The highest BCUT2D eigenvalue weighted by molar-refractivity contribution is 7.93. The number of sulfonamides is 1. The van der Waals surface area contributed by atoms with Gasteiger partial charge in [-0.15, -0.1) is 0 Å². The normalized spacial score (nSPS) is 19.6. The van der Waals surface area contributed by atoms with Gasteiger partial charge in [0.05, 0.1) is 35.9 Å². The van der Waals surface area contributed by atoms with Gasteiger partial charge in [0, 0.05) is 37.7 Å². The Labute approximate surface area is 257 Å². The van der Waals surface area contributed by atoms with Gasteiger partial charge < -0.3 is 25.2 Å². The zero-order chi connectivity index (χ0) is 30.7. The van der Waals surface area contributed by atoms with Crippen molar-refractivity contribution in [1.29, 1.82) is 0 Å². The number of para-hydroxylation sites is 2. The zero-order valence-electron chi connectivity index (χ0n) is 24.5. The maximum atomic E-state index is 14.1. The summed E-state index contributed by atoms with van der Waals surface area (Å²) in [5.41, 5.74) is 1.69. The van der Waals surface area contributed by atoms with Crippen LogP contribution in [0.3, 0.4) is 0 Å². The molecule has 3 heterocycles. The highest BCUT2D eigenvalue weighted by atomic mass is 35.5. The molecular weight excluding hydrogens is 594 g/mol. The number of likely N-dealkylation sites (tertiary alicyclic amines) is 1. The minimum absolute atomic E-state index is 0.0303.